The molecule has 0 aromatic rings. The average Bonchev–Trinajstić information content (AvgIpc) is 1.41. The van der Waals surface area contributed by atoms with Gasteiger partial charge in [-0.3, -0.25) is 0 Å². The van der Waals surface area contributed by atoms with Crippen LogP contribution in [0.15, 0.2) is 0 Å². The molecule has 0 saturated carbocycles. The fraction of sp³-hybridized carbons (Fsp3) is 1.00. The minimum atomic E-state index is -0.0833. The van der Waals surface area contributed by atoms with Crippen LogP contribution in [0.5, 0.6) is 0 Å². The van der Waals surface area contributed by atoms with Crippen molar-refractivity contribution in [2.45, 2.75) is 4.46 Å². The van der Waals surface area contributed by atoms with Gasteiger partial charge in [-0.1, -0.05) is 0 Å². The normalized spacial score (nSPS) is 7.50. The highest BCUT2D eigenvalue weighted by atomic mass is 35.5. The second-order valence-electron chi connectivity index (χ2n) is 0.519. The minimum Gasteiger partial charge on any atom is -0.130 e. The van der Waals surface area contributed by atoms with Gasteiger partial charge in [-0.25, -0.2) is 0 Å². The quantitative estimate of drug-likeness (QED) is 0.371. The van der Waals surface area contributed by atoms with Gasteiger partial charge in [0.2, 0.25) is 0 Å². The van der Waals surface area contributed by atoms with Crippen LogP contribution in [0.4, 0.5) is 0 Å². The first-order valence-electron chi connectivity index (χ1n) is 1.39. The van der Waals surface area contributed by atoms with Gasteiger partial charge in [-0.2, -0.15) is 0 Å². The Hall–Kier alpha value is 1.09. The molecule has 0 aromatic heterocycles. The number of alkyl halides is 3. The molecule has 0 atom stereocenters. The van der Waals surface area contributed by atoms with E-state index in [1.807, 2.05) is 0 Å². The average molecular weight is 166 g/mol. The van der Waals surface area contributed by atoms with E-state index in [0.717, 1.165) is 10.2 Å². The number of rotatable bonds is 0. The summed E-state index contributed by atoms with van der Waals surface area (Å²) in [5.74, 6) is 0. The van der Waals surface area contributed by atoms with Gasteiger partial charge in [0.25, 0.3) is 0 Å². The predicted octanol–water partition coefficient (Wildman–Crippen LogP) is 0.968. The smallest absolute Gasteiger partial charge is 0.0873 e. The van der Waals surface area contributed by atoms with Crippen LogP contribution < -0.4 is 0 Å². The van der Waals surface area contributed by atoms with Crippen LogP contribution in [0.1, 0.15) is 0 Å². The van der Waals surface area contributed by atoms with E-state index in [9.17, 15) is 0 Å². The highest BCUT2D eigenvalue weighted by Gasteiger charge is 1.75. The molecule has 0 aliphatic heterocycles. The summed E-state index contributed by atoms with van der Waals surface area (Å²) < 4.78 is -0.0833. The van der Waals surface area contributed by atoms with Crippen molar-refractivity contribution in [2.75, 3.05) is 6.38 Å². The summed E-state index contributed by atoms with van der Waals surface area (Å²) in [5.41, 5.74) is 0. The second kappa shape index (κ2) is 9.43. The zero-order chi connectivity index (χ0) is 5.58. The molecular formula is C2H7Cl3Si. The summed E-state index contributed by atoms with van der Waals surface area (Å²) in [6.45, 7) is 0. The Balaban J connectivity index is 0. The zero-order valence-corrected chi connectivity index (χ0v) is 7.98. The van der Waals surface area contributed by atoms with Crippen LogP contribution in [-0.2, 0) is 0 Å². The fourth-order valence-electron chi connectivity index (χ4n) is 0. The van der Waals surface area contributed by atoms with E-state index in [4.69, 9.17) is 23.2 Å². The van der Waals surface area contributed by atoms with Crippen molar-refractivity contribution in [2.24, 2.45) is 0 Å². The lowest BCUT2D eigenvalue weighted by atomic mass is 11.9. The van der Waals surface area contributed by atoms with E-state index >= 15 is 0 Å². The summed E-state index contributed by atoms with van der Waals surface area (Å²) >= 11 is 14.8. The fourth-order valence-corrected chi connectivity index (χ4v) is 0. The molecule has 0 heterocycles. The second-order valence-corrected chi connectivity index (χ2v) is 4.67. The SMILES string of the molecule is CCl.[SiH3]C(Cl)Cl. The molecule has 0 spiro atoms. The molecule has 0 aliphatic carbocycles. The summed E-state index contributed by atoms with van der Waals surface area (Å²) in [5, 5.41) is 0. The summed E-state index contributed by atoms with van der Waals surface area (Å²) in [4.78, 5) is 0. The molecule has 0 fully saturated rings. The third kappa shape index (κ3) is 71.9. The molecule has 4 heteroatoms. The standard InChI is InChI=1S/CH4Cl2Si.CH3Cl/c2-1(3)4;1-2/h1H,4H3;1H3. The molecule has 0 radical (unpaired) electrons. The van der Waals surface area contributed by atoms with Crippen molar-refractivity contribution in [3.63, 3.8) is 0 Å². The van der Waals surface area contributed by atoms with Crippen molar-refractivity contribution in [1.82, 2.24) is 0 Å². The largest absolute Gasteiger partial charge is 0.130 e. The van der Waals surface area contributed by atoms with Gasteiger partial charge in [0, 0.05) is 16.6 Å². The van der Waals surface area contributed by atoms with Crippen molar-refractivity contribution >= 4 is 45.0 Å². The lowest BCUT2D eigenvalue weighted by Gasteiger charge is -1.72. The molecule has 0 aromatic carbocycles. The van der Waals surface area contributed by atoms with Gasteiger partial charge in [0.1, 0.15) is 0 Å². The first-order valence-corrected chi connectivity index (χ1v) is 4.18. The topological polar surface area (TPSA) is 0 Å². The molecule has 0 saturated heterocycles. The van der Waals surface area contributed by atoms with Crippen LogP contribution in [0, 0.1) is 0 Å². The number of halogens is 3. The van der Waals surface area contributed by atoms with Gasteiger partial charge < -0.3 is 0 Å². The summed E-state index contributed by atoms with van der Waals surface area (Å²) in [6, 6.07) is 0. The predicted molar refractivity (Wildman–Crippen MR) is 37.2 cm³/mol. The maximum atomic E-state index is 5.10. The van der Waals surface area contributed by atoms with Crippen LogP contribution in [0.2, 0.25) is 0 Å². The van der Waals surface area contributed by atoms with Crippen molar-refractivity contribution in [1.29, 1.82) is 0 Å². The van der Waals surface area contributed by atoms with Crippen LogP contribution in [-0.4, -0.2) is 21.1 Å². The lowest BCUT2D eigenvalue weighted by Crippen LogP contribution is -1.75. The number of hydrogen-bond acceptors (Lipinski definition) is 0. The van der Waals surface area contributed by atoms with Crippen molar-refractivity contribution in [3.05, 3.63) is 0 Å². The molecular weight excluding hydrogens is 158 g/mol. The molecule has 0 nitrogen and oxygen atoms in total. The molecule has 0 bridgehead atoms. The highest BCUT2D eigenvalue weighted by molar-refractivity contribution is 6.60. The first-order chi connectivity index (χ1) is 2.73. The van der Waals surface area contributed by atoms with E-state index in [2.05, 4.69) is 11.6 Å². The van der Waals surface area contributed by atoms with E-state index in [-0.39, 0.29) is 4.46 Å². The Bertz CT molecular complexity index is 13.5. The first kappa shape index (κ1) is 10.1. The van der Waals surface area contributed by atoms with Crippen LogP contribution in [0.3, 0.4) is 0 Å². The molecule has 0 unspecified atom stereocenters. The van der Waals surface area contributed by atoms with Crippen LogP contribution in [0.25, 0.3) is 0 Å². The summed E-state index contributed by atoms with van der Waals surface area (Å²) in [7, 11) is 0.880. The Kier molecular flexibility index (Phi) is 15.9. The molecule has 6 heavy (non-hydrogen) atoms. The van der Waals surface area contributed by atoms with E-state index in [0.29, 0.717) is 0 Å². The Morgan fingerprint density at radius 3 is 1.33 bits per heavy atom. The molecule has 0 amide bonds. The van der Waals surface area contributed by atoms with Gasteiger partial charge in [-0.15, -0.1) is 34.8 Å². The van der Waals surface area contributed by atoms with Gasteiger partial charge in [0.15, 0.2) is 0 Å². The molecule has 40 valence electrons. The van der Waals surface area contributed by atoms with E-state index in [1.165, 1.54) is 6.38 Å². The Morgan fingerprint density at radius 2 is 1.33 bits per heavy atom. The van der Waals surface area contributed by atoms with Crippen molar-refractivity contribution < 1.29 is 0 Å². The monoisotopic (exact) mass is 164 g/mol. The number of hydrogen-bond donors (Lipinski definition) is 0. The maximum Gasteiger partial charge on any atom is 0.0873 e. The van der Waals surface area contributed by atoms with E-state index in [1.54, 1.807) is 0 Å². The molecule has 0 aliphatic rings. The third-order valence-corrected chi connectivity index (χ3v) is 0. The van der Waals surface area contributed by atoms with Gasteiger partial charge in [0.05, 0.1) is 4.46 Å². The highest BCUT2D eigenvalue weighted by Crippen LogP contribution is 1.90. The summed E-state index contributed by atoms with van der Waals surface area (Å²) in [6.07, 6.45) is 1.47. The van der Waals surface area contributed by atoms with E-state index < -0.39 is 0 Å². The zero-order valence-electron chi connectivity index (χ0n) is 3.71. The van der Waals surface area contributed by atoms with Gasteiger partial charge in [-0.05, 0) is 0 Å². The Morgan fingerprint density at radius 1 is 1.33 bits per heavy atom. The lowest BCUT2D eigenvalue weighted by molar-refractivity contribution is 1.96. The van der Waals surface area contributed by atoms with Crippen molar-refractivity contribution in [3.8, 4) is 0 Å². The minimum absolute atomic E-state index is 0.0833. The Labute approximate surface area is 56.2 Å². The molecule has 0 N–H and O–H groups in total. The maximum absolute atomic E-state index is 5.10. The molecule has 0 rings (SSSR count). The van der Waals surface area contributed by atoms with Crippen LogP contribution >= 0.6 is 34.8 Å². The van der Waals surface area contributed by atoms with Gasteiger partial charge >= 0.3 is 0 Å². The third-order valence-electron chi connectivity index (χ3n) is 0.